The molecule has 0 bridgehead atoms. The summed E-state index contributed by atoms with van der Waals surface area (Å²) >= 11 is 5.69. The summed E-state index contributed by atoms with van der Waals surface area (Å²) in [4.78, 5) is 0. The molecule has 1 aliphatic rings. The highest BCUT2D eigenvalue weighted by molar-refractivity contribution is 9.10. The Balaban J connectivity index is 1.73. The maximum absolute atomic E-state index is 3.61. The van der Waals surface area contributed by atoms with E-state index in [-0.39, 0.29) is 0 Å². The van der Waals surface area contributed by atoms with Crippen LogP contribution >= 0.6 is 27.7 Å². The van der Waals surface area contributed by atoms with Crippen LogP contribution in [-0.2, 0) is 5.75 Å². The Kier molecular flexibility index (Phi) is 5.89. The summed E-state index contributed by atoms with van der Waals surface area (Å²) in [6, 6.07) is 8.54. The van der Waals surface area contributed by atoms with Gasteiger partial charge in [-0.2, -0.15) is 11.8 Å². The summed E-state index contributed by atoms with van der Waals surface area (Å²) in [6.45, 7) is 2.42. The van der Waals surface area contributed by atoms with E-state index in [1.54, 1.807) is 0 Å². The summed E-state index contributed by atoms with van der Waals surface area (Å²) in [5.74, 6) is 3.35. The van der Waals surface area contributed by atoms with Gasteiger partial charge in [0.1, 0.15) is 0 Å². The number of benzene rings is 1. The maximum atomic E-state index is 3.61. The van der Waals surface area contributed by atoms with Crippen LogP contribution in [-0.4, -0.2) is 18.8 Å². The van der Waals surface area contributed by atoms with E-state index in [1.807, 2.05) is 0 Å². The first-order valence-corrected chi connectivity index (χ1v) is 8.33. The number of hydrogen-bond acceptors (Lipinski definition) is 2. The van der Waals surface area contributed by atoms with Crippen molar-refractivity contribution in [2.75, 3.05) is 18.8 Å². The molecule has 1 nitrogen and oxygen atoms in total. The van der Waals surface area contributed by atoms with Crippen LogP contribution in [0.1, 0.15) is 24.8 Å². The smallest absolute Gasteiger partial charge is 0.0215 e. The Morgan fingerprint density at radius 2 is 2.12 bits per heavy atom. The Morgan fingerprint density at radius 1 is 1.24 bits per heavy atom. The molecule has 1 unspecified atom stereocenters. The highest BCUT2D eigenvalue weighted by Gasteiger charge is 2.11. The molecule has 0 spiro atoms. The normalized spacial score (nSPS) is 21.1. The molecule has 1 atom stereocenters. The number of hydrogen-bond donors (Lipinski definition) is 1. The van der Waals surface area contributed by atoms with Crippen molar-refractivity contribution in [3.8, 4) is 0 Å². The highest BCUT2D eigenvalue weighted by atomic mass is 79.9. The van der Waals surface area contributed by atoms with E-state index in [4.69, 9.17) is 0 Å². The van der Waals surface area contributed by atoms with Crippen molar-refractivity contribution >= 4 is 27.7 Å². The fourth-order valence-electron chi connectivity index (χ4n) is 2.21. The first-order valence-electron chi connectivity index (χ1n) is 6.38. The van der Waals surface area contributed by atoms with E-state index in [1.165, 1.54) is 48.1 Å². The number of halogens is 1. The average Bonchev–Trinajstić information content (AvgIpc) is 2.60. The lowest BCUT2D eigenvalue weighted by molar-refractivity contribution is 0.528. The molecule has 0 aliphatic carbocycles. The van der Waals surface area contributed by atoms with Crippen molar-refractivity contribution in [1.82, 2.24) is 5.32 Å². The van der Waals surface area contributed by atoms with Crippen molar-refractivity contribution in [1.29, 1.82) is 0 Å². The Hall–Kier alpha value is 0.01000. The van der Waals surface area contributed by atoms with Gasteiger partial charge in [0.2, 0.25) is 0 Å². The van der Waals surface area contributed by atoms with Gasteiger partial charge in [0.25, 0.3) is 0 Å². The molecule has 0 aromatic heterocycles. The quantitative estimate of drug-likeness (QED) is 0.899. The van der Waals surface area contributed by atoms with Crippen molar-refractivity contribution in [2.24, 2.45) is 5.92 Å². The second-order valence-electron chi connectivity index (χ2n) is 4.65. The second-order valence-corrected chi connectivity index (χ2v) is 6.54. The minimum Gasteiger partial charge on any atom is -0.317 e. The summed E-state index contributed by atoms with van der Waals surface area (Å²) < 4.78 is 1.25. The van der Waals surface area contributed by atoms with Gasteiger partial charge in [-0.05, 0) is 55.7 Å². The fourth-order valence-corrected chi connectivity index (χ4v) is 4.08. The zero-order chi connectivity index (χ0) is 11.9. The van der Waals surface area contributed by atoms with Crippen LogP contribution in [0.2, 0.25) is 0 Å². The van der Waals surface area contributed by atoms with Gasteiger partial charge in [0.05, 0.1) is 0 Å². The number of nitrogens with one attached hydrogen (secondary N) is 1. The lowest BCUT2D eigenvalue weighted by Gasteiger charge is -2.13. The van der Waals surface area contributed by atoms with Crippen LogP contribution in [0.4, 0.5) is 0 Å². The lowest BCUT2D eigenvalue weighted by Crippen LogP contribution is -2.14. The van der Waals surface area contributed by atoms with E-state index < -0.39 is 0 Å². The van der Waals surface area contributed by atoms with Crippen LogP contribution in [0.25, 0.3) is 0 Å². The summed E-state index contributed by atoms with van der Waals surface area (Å²) in [5, 5.41) is 3.48. The molecule has 1 heterocycles. The summed E-state index contributed by atoms with van der Waals surface area (Å²) in [7, 11) is 0. The van der Waals surface area contributed by atoms with Gasteiger partial charge in [0, 0.05) is 10.2 Å². The van der Waals surface area contributed by atoms with Gasteiger partial charge in [-0.25, -0.2) is 0 Å². The standard InChI is InChI=1S/C14H20BrNS/c15-14-6-2-1-5-13(14)11-17-10-12-4-3-8-16-9-7-12/h1-2,5-6,12,16H,3-4,7-11H2. The molecule has 2 rings (SSSR count). The van der Waals surface area contributed by atoms with Gasteiger partial charge in [0.15, 0.2) is 0 Å². The molecule has 3 heteroatoms. The Morgan fingerprint density at radius 3 is 3.00 bits per heavy atom. The van der Waals surface area contributed by atoms with E-state index in [0.29, 0.717) is 0 Å². The molecule has 17 heavy (non-hydrogen) atoms. The van der Waals surface area contributed by atoms with Crippen molar-refractivity contribution in [2.45, 2.75) is 25.0 Å². The zero-order valence-electron chi connectivity index (χ0n) is 10.1. The monoisotopic (exact) mass is 313 g/mol. The first-order chi connectivity index (χ1) is 8.36. The lowest BCUT2D eigenvalue weighted by atomic mass is 10.0. The van der Waals surface area contributed by atoms with E-state index in [0.717, 1.165) is 11.7 Å². The molecule has 1 saturated heterocycles. The van der Waals surface area contributed by atoms with Crippen LogP contribution in [0.3, 0.4) is 0 Å². The highest BCUT2D eigenvalue weighted by Crippen LogP contribution is 2.25. The molecule has 1 aromatic carbocycles. The average molecular weight is 314 g/mol. The molecule has 94 valence electrons. The SMILES string of the molecule is Brc1ccccc1CSCC1CCCNCC1. The van der Waals surface area contributed by atoms with Gasteiger partial charge in [-0.3, -0.25) is 0 Å². The molecule has 0 saturated carbocycles. The first kappa shape index (κ1) is 13.4. The number of rotatable bonds is 4. The van der Waals surface area contributed by atoms with Crippen molar-refractivity contribution < 1.29 is 0 Å². The van der Waals surface area contributed by atoms with Crippen LogP contribution < -0.4 is 5.32 Å². The van der Waals surface area contributed by atoms with E-state index in [9.17, 15) is 0 Å². The van der Waals surface area contributed by atoms with Gasteiger partial charge in [-0.1, -0.05) is 34.1 Å². The second kappa shape index (κ2) is 7.45. The third-order valence-electron chi connectivity index (χ3n) is 3.26. The fraction of sp³-hybridized carbons (Fsp3) is 0.571. The van der Waals surface area contributed by atoms with Crippen molar-refractivity contribution in [3.05, 3.63) is 34.3 Å². The molecule has 0 radical (unpaired) electrons. The van der Waals surface area contributed by atoms with Gasteiger partial charge < -0.3 is 5.32 Å². The minimum atomic E-state index is 0.914. The predicted octanol–water partition coefficient (Wildman–Crippen LogP) is 4.07. The third kappa shape index (κ3) is 4.65. The molecule has 1 aromatic rings. The van der Waals surface area contributed by atoms with Crippen molar-refractivity contribution in [3.63, 3.8) is 0 Å². The zero-order valence-corrected chi connectivity index (χ0v) is 12.5. The predicted molar refractivity (Wildman–Crippen MR) is 80.5 cm³/mol. The van der Waals surface area contributed by atoms with Crippen LogP contribution in [0.15, 0.2) is 28.7 Å². The summed E-state index contributed by atoms with van der Waals surface area (Å²) in [6.07, 6.45) is 4.10. The minimum absolute atomic E-state index is 0.914. The van der Waals surface area contributed by atoms with Crippen LogP contribution in [0.5, 0.6) is 0 Å². The molecule has 1 fully saturated rings. The van der Waals surface area contributed by atoms with E-state index >= 15 is 0 Å². The van der Waals surface area contributed by atoms with Gasteiger partial charge >= 0.3 is 0 Å². The summed E-state index contributed by atoms with van der Waals surface area (Å²) in [5.41, 5.74) is 1.42. The number of thioether (sulfide) groups is 1. The third-order valence-corrected chi connectivity index (χ3v) is 5.26. The Labute approximate surface area is 117 Å². The molecule has 1 aliphatic heterocycles. The molecular weight excluding hydrogens is 294 g/mol. The topological polar surface area (TPSA) is 12.0 Å². The maximum Gasteiger partial charge on any atom is 0.0215 e. The molecule has 0 amide bonds. The van der Waals surface area contributed by atoms with Gasteiger partial charge in [-0.15, -0.1) is 0 Å². The molecular formula is C14H20BrNS. The molecule has 1 N–H and O–H groups in total. The largest absolute Gasteiger partial charge is 0.317 e. The Bertz CT molecular complexity index is 335. The van der Waals surface area contributed by atoms with Crippen LogP contribution in [0, 0.1) is 5.92 Å². The van der Waals surface area contributed by atoms with E-state index in [2.05, 4.69) is 57.3 Å².